The molecule has 3 rings (SSSR count). The van der Waals surface area contributed by atoms with E-state index < -0.39 is 0 Å². The number of nitrogens with zero attached hydrogens (tertiary/aromatic N) is 2. The van der Waals surface area contributed by atoms with Crippen molar-refractivity contribution in [3.63, 3.8) is 0 Å². The topological polar surface area (TPSA) is 34.9 Å². The summed E-state index contributed by atoms with van der Waals surface area (Å²) < 4.78 is 2.48. The van der Waals surface area contributed by atoms with Gasteiger partial charge in [-0.15, -0.1) is 0 Å². The first-order valence-electron chi connectivity index (χ1n) is 6.43. The molecule has 3 nitrogen and oxygen atoms in total. The molecule has 0 saturated heterocycles. The van der Waals surface area contributed by atoms with E-state index in [4.69, 9.17) is 0 Å². The molecule has 2 aromatic carbocycles. The molecule has 100 valence electrons. The Morgan fingerprint density at radius 2 is 1.90 bits per heavy atom. The Hall–Kier alpha value is -1.94. The summed E-state index contributed by atoms with van der Waals surface area (Å²) in [4.78, 5) is 12.3. The Morgan fingerprint density at radius 1 is 1.10 bits per heavy atom. The van der Waals surface area contributed by atoms with Crippen LogP contribution >= 0.6 is 15.9 Å². The molecule has 0 saturated carbocycles. The van der Waals surface area contributed by atoms with Crippen molar-refractivity contribution in [2.75, 3.05) is 0 Å². The molecular formula is C16H13BrN2O. The van der Waals surface area contributed by atoms with Gasteiger partial charge in [-0.2, -0.15) is 5.10 Å². The maximum absolute atomic E-state index is 12.3. The molecule has 20 heavy (non-hydrogen) atoms. The van der Waals surface area contributed by atoms with Gasteiger partial charge in [-0.3, -0.25) is 4.79 Å². The van der Waals surface area contributed by atoms with E-state index in [0.717, 1.165) is 16.3 Å². The lowest BCUT2D eigenvalue weighted by Gasteiger charge is -2.06. The zero-order valence-corrected chi connectivity index (χ0v) is 12.4. The number of aromatic nitrogens is 2. The highest BCUT2D eigenvalue weighted by atomic mass is 79.9. The smallest absolute Gasteiger partial charge is 0.267 e. The van der Waals surface area contributed by atoms with Gasteiger partial charge in [0.15, 0.2) is 0 Å². The van der Waals surface area contributed by atoms with E-state index in [1.165, 1.54) is 10.2 Å². The lowest BCUT2D eigenvalue weighted by atomic mass is 10.1. The first-order chi connectivity index (χ1) is 9.74. The van der Waals surface area contributed by atoms with Crippen LogP contribution in [-0.2, 0) is 13.0 Å². The number of rotatable bonds is 3. The van der Waals surface area contributed by atoms with Gasteiger partial charge in [0, 0.05) is 16.4 Å². The third-order valence-corrected chi connectivity index (χ3v) is 3.76. The molecule has 0 aliphatic heterocycles. The van der Waals surface area contributed by atoms with Crippen molar-refractivity contribution in [2.45, 2.75) is 13.0 Å². The lowest BCUT2D eigenvalue weighted by Crippen LogP contribution is -2.23. The minimum atomic E-state index is -0.0362. The Balaban J connectivity index is 1.91. The SMILES string of the molecule is O=c1c2ccc(Br)cc2cnn1CCc1ccccc1. The lowest BCUT2D eigenvalue weighted by molar-refractivity contribution is 0.584. The molecule has 1 aromatic heterocycles. The normalized spacial score (nSPS) is 10.8. The summed E-state index contributed by atoms with van der Waals surface area (Å²) in [5, 5.41) is 5.81. The van der Waals surface area contributed by atoms with E-state index in [2.05, 4.69) is 33.2 Å². The fourth-order valence-corrected chi connectivity index (χ4v) is 2.58. The second-order valence-corrected chi connectivity index (χ2v) is 5.56. The van der Waals surface area contributed by atoms with E-state index in [9.17, 15) is 4.79 Å². The molecule has 0 amide bonds. The summed E-state index contributed by atoms with van der Waals surface area (Å²) >= 11 is 3.40. The second kappa shape index (κ2) is 5.59. The molecule has 0 spiro atoms. The van der Waals surface area contributed by atoms with Gasteiger partial charge in [-0.1, -0.05) is 46.3 Å². The summed E-state index contributed by atoms with van der Waals surface area (Å²) in [6.07, 6.45) is 2.54. The quantitative estimate of drug-likeness (QED) is 0.738. The van der Waals surface area contributed by atoms with Crippen LogP contribution in [0.5, 0.6) is 0 Å². The van der Waals surface area contributed by atoms with E-state index in [0.29, 0.717) is 11.9 Å². The van der Waals surface area contributed by atoms with Crippen LogP contribution in [0.1, 0.15) is 5.56 Å². The van der Waals surface area contributed by atoms with Crippen LogP contribution in [0.25, 0.3) is 10.8 Å². The highest BCUT2D eigenvalue weighted by Gasteiger charge is 2.04. The zero-order chi connectivity index (χ0) is 13.9. The van der Waals surface area contributed by atoms with Crippen LogP contribution in [0.4, 0.5) is 0 Å². The van der Waals surface area contributed by atoms with E-state index in [1.807, 2.05) is 36.4 Å². The first kappa shape index (κ1) is 13.1. The van der Waals surface area contributed by atoms with Crippen molar-refractivity contribution in [3.05, 3.63) is 75.1 Å². The average molecular weight is 329 g/mol. The minimum Gasteiger partial charge on any atom is -0.267 e. The van der Waals surface area contributed by atoms with Crippen LogP contribution in [-0.4, -0.2) is 9.78 Å². The predicted molar refractivity (Wildman–Crippen MR) is 83.8 cm³/mol. The number of halogens is 1. The molecule has 0 aliphatic carbocycles. The molecule has 0 N–H and O–H groups in total. The molecule has 0 radical (unpaired) electrons. The van der Waals surface area contributed by atoms with Gasteiger partial charge in [0.25, 0.3) is 5.56 Å². The van der Waals surface area contributed by atoms with Crippen LogP contribution in [0.15, 0.2) is 64.0 Å². The molecule has 0 unspecified atom stereocenters. The summed E-state index contributed by atoms with van der Waals surface area (Å²) in [7, 11) is 0. The Labute approximate surface area is 125 Å². The van der Waals surface area contributed by atoms with E-state index >= 15 is 0 Å². The standard InChI is InChI=1S/C16H13BrN2O/c17-14-6-7-15-13(10-14)11-18-19(16(15)20)9-8-12-4-2-1-3-5-12/h1-7,10-11H,8-9H2. The van der Waals surface area contributed by atoms with Crippen molar-refractivity contribution in [2.24, 2.45) is 0 Å². The number of benzene rings is 2. The van der Waals surface area contributed by atoms with Crippen LogP contribution < -0.4 is 5.56 Å². The van der Waals surface area contributed by atoms with Gasteiger partial charge in [0.1, 0.15) is 0 Å². The zero-order valence-electron chi connectivity index (χ0n) is 10.8. The minimum absolute atomic E-state index is 0.0362. The molecule has 0 bridgehead atoms. The average Bonchev–Trinajstić information content (AvgIpc) is 2.47. The molecule has 0 atom stereocenters. The fourth-order valence-electron chi connectivity index (χ4n) is 2.20. The van der Waals surface area contributed by atoms with E-state index in [-0.39, 0.29) is 5.56 Å². The van der Waals surface area contributed by atoms with Crippen molar-refractivity contribution in [3.8, 4) is 0 Å². The molecule has 0 aliphatic rings. The Bertz CT molecular complexity index is 796. The largest absolute Gasteiger partial charge is 0.274 e. The van der Waals surface area contributed by atoms with Crippen molar-refractivity contribution < 1.29 is 0 Å². The van der Waals surface area contributed by atoms with Gasteiger partial charge in [-0.25, -0.2) is 4.68 Å². The third-order valence-electron chi connectivity index (χ3n) is 3.27. The maximum Gasteiger partial charge on any atom is 0.274 e. The van der Waals surface area contributed by atoms with Crippen LogP contribution in [0, 0.1) is 0 Å². The van der Waals surface area contributed by atoms with Crippen molar-refractivity contribution in [1.82, 2.24) is 9.78 Å². The Morgan fingerprint density at radius 3 is 2.70 bits per heavy atom. The van der Waals surface area contributed by atoms with Gasteiger partial charge < -0.3 is 0 Å². The molecule has 3 aromatic rings. The summed E-state index contributed by atoms with van der Waals surface area (Å²) in [6, 6.07) is 15.7. The highest BCUT2D eigenvalue weighted by molar-refractivity contribution is 9.10. The summed E-state index contributed by atoms with van der Waals surface area (Å²) in [5.41, 5.74) is 1.17. The van der Waals surface area contributed by atoms with Gasteiger partial charge in [0.2, 0.25) is 0 Å². The monoisotopic (exact) mass is 328 g/mol. The summed E-state index contributed by atoms with van der Waals surface area (Å²) in [6.45, 7) is 0.592. The van der Waals surface area contributed by atoms with Gasteiger partial charge in [-0.05, 0) is 30.2 Å². The summed E-state index contributed by atoms with van der Waals surface area (Å²) in [5.74, 6) is 0. The molecule has 1 heterocycles. The molecule has 0 fully saturated rings. The van der Waals surface area contributed by atoms with Crippen molar-refractivity contribution >= 4 is 26.7 Å². The fraction of sp³-hybridized carbons (Fsp3) is 0.125. The van der Waals surface area contributed by atoms with Gasteiger partial charge >= 0.3 is 0 Å². The number of aryl methyl sites for hydroxylation is 2. The van der Waals surface area contributed by atoms with E-state index in [1.54, 1.807) is 6.20 Å². The first-order valence-corrected chi connectivity index (χ1v) is 7.23. The maximum atomic E-state index is 12.3. The Kier molecular flexibility index (Phi) is 3.65. The van der Waals surface area contributed by atoms with Crippen LogP contribution in [0.3, 0.4) is 0 Å². The van der Waals surface area contributed by atoms with Crippen LogP contribution in [0.2, 0.25) is 0 Å². The highest BCUT2D eigenvalue weighted by Crippen LogP contribution is 2.16. The third kappa shape index (κ3) is 2.65. The number of hydrogen-bond acceptors (Lipinski definition) is 2. The van der Waals surface area contributed by atoms with Crippen molar-refractivity contribution in [1.29, 1.82) is 0 Å². The molecule has 4 heteroatoms. The van der Waals surface area contributed by atoms with Gasteiger partial charge in [0.05, 0.1) is 11.6 Å². The number of hydrogen-bond donors (Lipinski definition) is 0. The second-order valence-electron chi connectivity index (χ2n) is 4.64. The molecular weight excluding hydrogens is 316 g/mol. The predicted octanol–water partition coefficient (Wildman–Crippen LogP) is 3.40. The number of fused-ring (bicyclic) bond motifs is 1.